The number of halogens is 1. The van der Waals surface area contributed by atoms with Crippen molar-refractivity contribution in [3.8, 4) is 11.1 Å². The molecule has 2 aromatic carbocycles. The largest absolute Gasteiger partial charge is 0.365 e. The minimum Gasteiger partial charge on any atom is -0.365 e. The van der Waals surface area contributed by atoms with Crippen LogP contribution in [-0.4, -0.2) is 54.3 Å². The molecule has 6 heteroatoms. The molecule has 5 nitrogen and oxygen atoms in total. The molecule has 1 aromatic heterocycles. The van der Waals surface area contributed by atoms with E-state index in [1.807, 2.05) is 19.1 Å². The lowest BCUT2D eigenvalue weighted by Crippen LogP contribution is -2.28. The van der Waals surface area contributed by atoms with Crippen LogP contribution in [-0.2, 0) is 0 Å². The predicted molar refractivity (Wildman–Crippen MR) is 165 cm³/mol. The molecule has 1 atom stereocenters. The van der Waals surface area contributed by atoms with Crippen LogP contribution in [0.2, 0.25) is 0 Å². The summed E-state index contributed by atoms with van der Waals surface area (Å²) in [5.74, 6) is 1.83. The monoisotopic (exact) mass is 529 g/mol. The molecule has 39 heavy (non-hydrogen) atoms. The van der Waals surface area contributed by atoms with Gasteiger partial charge >= 0.3 is 0 Å². The highest BCUT2D eigenvalue weighted by Gasteiger charge is 2.15. The molecule has 1 saturated heterocycles. The Bertz CT molecular complexity index is 1280. The van der Waals surface area contributed by atoms with Gasteiger partial charge in [0.25, 0.3) is 0 Å². The lowest BCUT2D eigenvalue weighted by molar-refractivity contribution is 0.230. The van der Waals surface area contributed by atoms with Crippen LogP contribution in [0.4, 0.5) is 10.2 Å². The molecule has 3 aromatic rings. The van der Waals surface area contributed by atoms with Crippen LogP contribution in [0.25, 0.3) is 22.0 Å². The van der Waals surface area contributed by atoms with Gasteiger partial charge < -0.3 is 10.2 Å². The molecule has 0 spiro atoms. The number of anilines is 1. The van der Waals surface area contributed by atoms with Gasteiger partial charge in [0.2, 0.25) is 0 Å². The van der Waals surface area contributed by atoms with E-state index in [1.54, 1.807) is 25.5 Å². The zero-order valence-electron chi connectivity index (χ0n) is 24.5. The summed E-state index contributed by atoms with van der Waals surface area (Å²) in [4.78, 5) is 15.6. The van der Waals surface area contributed by atoms with Gasteiger partial charge in [-0.2, -0.15) is 0 Å². The smallest absolute Gasteiger partial charge is 0.137 e. The van der Waals surface area contributed by atoms with E-state index in [4.69, 9.17) is 0 Å². The number of hydrogen-bond acceptors (Lipinski definition) is 5. The normalized spacial score (nSPS) is 15.7. The number of fused-ring (bicyclic) bond motifs is 1. The van der Waals surface area contributed by atoms with Crippen molar-refractivity contribution >= 4 is 22.4 Å². The van der Waals surface area contributed by atoms with Crippen LogP contribution in [0.5, 0.6) is 0 Å². The van der Waals surface area contributed by atoms with Crippen LogP contribution >= 0.6 is 0 Å². The zero-order valence-corrected chi connectivity index (χ0v) is 24.5. The van der Waals surface area contributed by atoms with Crippen molar-refractivity contribution in [2.45, 2.75) is 52.9 Å². The Labute approximate surface area is 234 Å². The van der Waals surface area contributed by atoms with Crippen molar-refractivity contribution in [1.29, 1.82) is 0 Å². The summed E-state index contributed by atoms with van der Waals surface area (Å²) in [7, 11) is 3.97. The van der Waals surface area contributed by atoms with Crippen LogP contribution in [0.15, 0.2) is 72.0 Å². The van der Waals surface area contributed by atoms with E-state index in [0.29, 0.717) is 12.5 Å². The first-order valence-electron chi connectivity index (χ1n) is 14.0. The molecular weight excluding hydrogens is 485 g/mol. The third-order valence-corrected chi connectivity index (χ3v) is 7.49. The summed E-state index contributed by atoms with van der Waals surface area (Å²) in [6.45, 7) is 15.9. The maximum Gasteiger partial charge on any atom is 0.137 e. The average molecular weight is 530 g/mol. The van der Waals surface area contributed by atoms with Gasteiger partial charge in [-0.15, -0.1) is 0 Å². The van der Waals surface area contributed by atoms with Gasteiger partial charge in [-0.25, -0.2) is 14.4 Å². The van der Waals surface area contributed by atoms with Crippen molar-refractivity contribution in [3.63, 3.8) is 0 Å². The van der Waals surface area contributed by atoms with Crippen molar-refractivity contribution in [2.75, 3.05) is 39.0 Å². The SMILES string of the molecule is C=C(/C=C\C(C)=NC)CNc1ncnc2c(C(C)CC)cc(-c3ccc(F)cc3)cc12.CC1CCN(C)CC1. The third kappa shape index (κ3) is 8.82. The number of piperidine rings is 1. The quantitative estimate of drug-likeness (QED) is 0.238. The van der Waals surface area contributed by atoms with Crippen molar-refractivity contribution in [1.82, 2.24) is 14.9 Å². The Hall–Kier alpha value is -3.38. The zero-order chi connectivity index (χ0) is 28.4. The van der Waals surface area contributed by atoms with Gasteiger partial charge in [-0.1, -0.05) is 45.6 Å². The molecule has 0 radical (unpaired) electrons. The Kier molecular flexibility index (Phi) is 11.4. The van der Waals surface area contributed by atoms with Gasteiger partial charge in [0.05, 0.1) is 5.52 Å². The van der Waals surface area contributed by atoms with Crippen molar-refractivity contribution in [3.05, 3.63) is 78.4 Å². The fourth-order valence-electron chi connectivity index (χ4n) is 4.45. The minimum atomic E-state index is -0.243. The molecular formula is C33H44FN5. The highest BCUT2D eigenvalue weighted by molar-refractivity contribution is 5.95. The highest BCUT2D eigenvalue weighted by Crippen LogP contribution is 2.34. The fourth-order valence-corrected chi connectivity index (χ4v) is 4.45. The van der Waals surface area contributed by atoms with Crippen LogP contribution in [0.1, 0.15) is 58.4 Å². The second-order valence-corrected chi connectivity index (χ2v) is 10.7. The van der Waals surface area contributed by atoms with E-state index in [-0.39, 0.29) is 5.82 Å². The number of hydrogen-bond donors (Lipinski definition) is 1. The Morgan fingerprint density at radius 3 is 2.46 bits per heavy atom. The molecule has 2 heterocycles. The predicted octanol–water partition coefficient (Wildman–Crippen LogP) is 7.91. The number of nitrogens with zero attached hydrogens (tertiary/aromatic N) is 4. The van der Waals surface area contributed by atoms with Crippen LogP contribution in [0, 0.1) is 11.7 Å². The van der Waals surface area contributed by atoms with E-state index in [0.717, 1.165) is 51.5 Å². The number of likely N-dealkylation sites (tertiary alicyclic amines) is 1. The fraction of sp³-hybridized carbons (Fsp3) is 0.424. The highest BCUT2D eigenvalue weighted by atomic mass is 19.1. The average Bonchev–Trinajstić information content (AvgIpc) is 2.96. The summed E-state index contributed by atoms with van der Waals surface area (Å²) >= 11 is 0. The van der Waals surface area contributed by atoms with E-state index in [2.05, 4.69) is 71.7 Å². The number of nitrogens with one attached hydrogen (secondary N) is 1. The Morgan fingerprint density at radius 1 is 1.15 bits per heavy atom. The van der Waals surface area contributed by atoms with Gasteiger partial charge in [-0.3, -0.25) is 4.99 Å². The molecule has 1 aliphatic heterocycles. The van der Waals surface area contributed by atoms with Crippen LogP contribution in [0.3, 0.4) is 0 Å². The second kappa shape index (κ2) is 14.7. The van der Waals surface area contributed by atoms with Gasteiger partial charge in [0.1, 0.15) is 18.0 Å². The van der Waals surface area contributed by atoms with E-state index in [1.165, 1.54) is 43.6 Å². The summed E-state index contributed by atoms with van der Waals surface area (Å²) in [6, 6.07) is 10.8. The number of aromatic nitrogens is 2. The molecule has 1 aliphatic rings. The molecule has 1 N–H and O–H groups in total. The summed E-state index contributed by atoms with van der Waals surface area (Å²) in [6.07, 6.45) is 9.28. The maximum absolute atomic E-state index is 13.4. The van der Waals surface area contributed by atoms with Gasteiger partial charge in [0, 0.05) is 24.7 Å². The standard InChI is InChI=1S/C26H29FN4.C7H15N/c1-6-18(3)23-13-21(20-9-11-22(27)12-10-20)14-24-25(23)30-16-31-26(24)29-15-17(2)7-8-19(4)28-5;1-7-3-5-8(2)6-4-7/h7-14,16,18H,2,6,15H2,1,3-5H3,(H,29,30,31);7H,3-6H2,1-2H3/b8-7-,28-19?;. The number of allylic oxidation sites excluding steroid dienone is 1. The molecule has 1 unspecified atom stereocenters. The molecule has 4 rings (SSSR count). The molecule has 0 amide bonds. The first kappa shape index (κ1) is 30.2. The van der Waals surface area contributed by atoms with Crippen LogP contribution < -0.4 is 5.32 Å². The number of rotatable bonds is 8. The van der Waals surface area contributed by atoms with Gasteiger partial charge in [-0.05, 0) is 111 Å². The molecule has 208 valence electrons. The van der Waals surface area contributed by atoms with E-state index >= 15 is 0 Å². The lowest BCUT2D eigenvalue weighted by Gasteiger charge is -2.26. The second-order valence-electron chi connectivity index (χ2n) is 10.7. The number of benzene rings is 2. The summed E-state index contributed by atoms with van der Waals surface area (Å²) < 4.78 is 13.4. The first-order chi connectivity index (χ1) is 18.7. The van der Waals surface area contributed by atoms with Crippen molar-refractivity contribution < 1.29 is 4.39 Å². The molecule has 1 fully saturated rings. The lowest BCUT2D eigenvalue weighted by atomic mass is 9.91. The third-order valence-electron chi connectivity index (χ3n) is 7.49. The summed E-state index contributed by atoms with van der Waals surface area (Å²) in [5.41, 5.74) is 5.95. The first-order valence-corrected chi connectivity index (χ1v) is 14.0. The molecule has 0 aliphatic carbocycles. The van der Waals surface area contributed by atoms with Crippen molar-refractivity contribution in [2.24, 2.45) is 10.9 Å². The number of aliphatic imine (C=N–C) groups is 1. The Morgan fingerprint density at radius 2 is 1.85 bits per heavy atom. The molecule has 0 bridgehead atoms. The minimum absolute atomic E-state index is 0.243. The topological polar surface area (TPSA) is 53.4 Å². The van der Waals surface area contributed by atoms with E-state index < -0.39 is 0 Å². The molecule has 0 saturated carbocycles. The van der Waals surface area contributed by atoms with Gasteiger partial charge in [0.15, 0.2) is 0 Å². The Balaban J connectivity index is 0.000000449. The van der Waals surface area contributed by atoms with E-state index in [9.17, 15) is 4.39 Å². The summed E-state index contributed by atoms with van der Waals surface area (Å²) in [5, 5.41) is 4.35. The maximum atomic E-state index is 13.4.